The molecule has 0 aliphatic heterocycles. The Labute approximate surface area is 175 Å². The number of quaternary nitrogens is 1. The van der Waals surface area contributed by atoms with Crippen molar-refractivity contribution in [3.63, 3.8) is 0 Å². The molecule has 0 saturated carbocycles. The summed E-state index contributed by atoms with van der Waals surface area (Å²) >= 11 is 0. The Morgan fingerprint density at radius 1 is 0.821 bits per heavy atom. The van der Waals surface area contributed by atoms with Crippen molar-refractivity contribution >= 4 is 5.97 Å². The van der Waals surface area contributed by atoms with Gasteiger partial charge in [0.1, 0.15) is 6.17 Å². The van der Waals surface area contributed by atoms with Crippen LogP contribution in [0.1, 0.15) is 118 Å². The number of carboxylic acid groups (broad SMARTS) is 1. The minimum absolute atomic E-state index is 0.0295. The van der Waals surface area contributed by atoms with Crippen LogP contribution in [0.15, 0.2) is 0 Å². The molecule has 0 rings (SSSR count). The standard InChI is InChI=1S/C12H24O2.C11H26N2O/c1-2-3-4-5-6-7-8-9-10-11-12(13)14;1-5-8-9-10-12-11(4)13(14,6-2)7-3/h2-11H2,1H3,(H,13,14);11-12H,5-10H2,1-4H3. The fourth-order valence-corrected chi connectivity index (χ4v) is 3.21. The lowest BCUT2D eigenvalue weighted by Gasteiger charge is -2.46. The van der Waals surface area contributed by atoms with E-state index >= 15 is 0 Å². The SMILES string of the molecule is CCCCCCCCCCCC(=O)O.CCCCCNC(C)[N+]([O-])(CC)CC. The van der Waals surface area contributed by atoms with Crippen LogP contribution in [0.2, 0.25) is 0 Å². The molecule has 0 heterocycles. The lowest BCUT2D eigenvalue weighted by atomic mass is 10.1. The number of carbonyl (C=O) groups is 1. The molecule has 28 heavy (non-hydrogen) atoms. The summed E-state index contributed by atoms with van der Waals surface area (Å²) in [7, 11) is 0. The van der Waals surface area contributed by atoms with Gasteiger partial charge in [0.2, 0.25) is 0 Å². The topological polar surface area (TPSA) is 72.4 Å². The van der Waals surface area contributed by atoms with Gasteiger partial charge in [0, 0.05) is 19.9 Å². The predicted molar refractivity (Wildman–Crippen MR) is 121 cm³/mol. The molecule has 0 aromatic rings. The zero-order valence-electron chi connectivity index (χ0n) is 19.6. The van der Waals surface area contributed by atoms with E-state index < -0.39 is 5.97 Å². The van der Waals surface area contributed by atoms with Crippen molar-refractivity contribution in [2.24, 2.45) is 0 Å². The molecule has 0 spiro atoms. The number of unbranched alkanes of at least 4 members (excludes halogenated alkanes) is 10. The fourth-order valence-electron chi connectivity index (χ4n) is 3.21. The second-order valence-electron chi connectivity index (χ2n) is 7.89. The van der Waals surface area contributed by atoms with Crippen LogP contribution in [0.4, 0.5) is 0 Å². The summed E-state index contributed by atoms with van der Waals surface area (Å²) < 4.78 is -0.119. The molecule has 0 aromatic carbocycles. The van der Waals surface area contributed by atoms with Crippen LogP contribution >= 0.6 is 0 Å². The van der Waals surface area contributed by atoms with E-state index in [4.69, 9.17) is 5.11 Å². The van der Waals surface area contributed by atoms with Crippen molar-refractivity contribution in [1.82, 2.24) is 5.32 Å². The molecular weight excluding hydrogens is 352 g/mol. The van der Waals surface area contributed by atoms with Gasteiger partial charge in [-0.25, -0.2) is 0 Å². The number of aliphatic carboxylic acids is 1. The highest BCUT2D eigenvalue weighted by atomic mass is 16.5. The van der Waals surface area contributed by atoms with Gasteiger partial charge in [0.05, 0.1) is 13.1 Å². The summed E-state index contributed by atoms with van der Waals surface area (Å²) in [5.74, 6) is -0.659. The molecule has 2 N–H and O–H groups in total. The number of nitrogens with one attached hydrogen (secondary N) is 1. The summed E-state index contributed by atoms with van der Waals surface area (Å²) in [6.45, 7) is 12.6. The van der Waals surface area contributed by atoms with Crippen LogP contribution in [-0.4, -0.2) is 41.5 Å². The van der Waals surface area contributed by atoms with Crippen LogP contribution in [0.25, 0.3) is 0 Å². The molecule has 0 aromatic heterocycles. The van der Waals surface area contributed by atoms with E-state index in [2.05, 4.69) is 19.2 Å². The molecule has 5 heteroatoms. The van der Waals surface area contributed by atoms with E-state index in [0.29, 0.717) is 19.5 Å². The van der Waals surface area contributed by atoms with Crippen molar-refractivity contribution in [2.45, 2.75) is 124 Å². The molecule has 170 valence electrons. The molecule has 1 atom stereocenters. The molecule has 0 bridgehead atoms. The second-order valence-corrected chi connectivity index (χ2v) is 7.89. The third kappa shape index (κ3) is 18.7. The summed E-state index contributed by atoms with van der Waals surface area (Å²) in [6, 6.07) is 0. The highest BCUT2D eigenvalue weighted by Crippen LogP contribution is 2.10. The van der Waals surface area contributed by atoms with Gasteiger partial charge in [-0.1, -0.05) is 78.1 Å². The Bertz CT molecular complexity index is 334. The molecule has 0 saturated heterocycles. The van der Waals surface area contributed by atoms with Gasteiger partial charge in [0.15, 0.2) is 0 Å². The fraction of sp³-hybridized carbons (Fsp3) is 0.957. The van der Waals surface area contributed by atoms with Crippen molar-refractivity contribution in [2.75, 3.05) is 19.6 Å². The first-order valence-corrected chi connectivity index (χ1v) is 11.9. The first-order valence-electron chi connectivity index (χ1n) is 11.9. The monoisotopic (exact) mass is 402 g/mol. The minimum Gasteiger partial charge on any atom is -0.632 e. The van der Waals surface area contributed by atoms with Gasteiger partial charge in [-0.2, -0.15) is 0 Å². The average Bonchev–Trinajstić information content (AvgIpc) is 2.69. The van der Waals surface area contributed by atoms with Gasteiger partial charge in [0.25, 0.3) is 0 Å². The maximum Gasteiger partial charge on any atom is 0.303 e. The zero-order valence-corrected chi connectivity index (χ0v) is 19.6. The first kappa shape index (κ1) is 29.6. The van der Waals surface area contributed by atoms with Crippen molar-refractivity contribution in [3.8, 4) is 0 Å². The van der Waals surface area contributed by atoms with Crippen LogP contribution in [-0.2, 0) is 4.79 Å². The van der Waals surface area contributed by atoms with Gasteiger partial charge in [-0.05, 0) is 26.7 Å². The molecular formula is C23H50N2O3. The molecule has 0 aliphatic rings. The van der Waals surface area contributed by atoms with Gasteiger partial charge >= 0.3 is 5.97 Å². The Morgan fingerprint density at radius 2 is 1.25 bits per heavy atom. The van der Waals surface area contributed by atoms with Gasteiger partial charge in [-0.3, -0.25) is 10.1 Å². The second kappa shape index (κ2) is 21.1. The lowest BCUT2D eigenvalue weighted by Crippen LogP contribution is -2.55. The summed E-state index contributed by atoms with van der Waals surface area (Å²) in [6.07, 6.45) is 15.2. The molecule has 0 radical (unpaired) electrons. The molecule has 0 aliphatic carbocycles. The number of rotatable bonds is 18. The van der Waals surface area contributed by atoms with Crippen molar-refractivity contribution < 1.29 is 14.5 Å². The predicted octanol–water partition coefficient (Wildman–Crippen LogP) is 6.46. The van der Waals surface area contributed by atoms with Crippen molar-refractivity contribution in [1.29, 1.82) is 0 Å². The summed E-state index contributed by atoms with van der Waals surface area (Å²) in [4.78, 5) is 10.2. The Hall–Kier alpha value is -0.650. The Morgan fingerprint density at radius 3 is 1.68 bits per heavy atom. The van der Waals surface area contributed by atoms with E-state index in [1.807, 2.05) is 20.8 Å². The number of hydroxylamine groups is 3. The number of hydrogen-bond acceptors (Lipinski definition) is 3. The number of nitrogens with zero attached hydrogens (tertiary/aromatic N) is 1. The van der Waals surface area contributed by atoms with Crippen LogP contribution in [0, 0.1) is 5.21 Å². The number of hydrogen-bond donors (Lipinski definition) is 2. The van der Waals surface area contributed by atoms with E-state index in [1.165, 1.54) is 64.2 Å². The summed E-state index contributed by atoms with van der Waals surface area (Å²) in [5.41, 5.74) is 0. The first-order chi connectivity index (χ1) is 13.4. The summed E-state index contributed by atoms with van der Waals surface area (Å²) in [5, 5.41) is 23.8. The Kier molecular flexibility index (Phi) is 22.2. The lowest BCUT2D eigenvalue weighted by molar-refractivity contribution is -0.903. The van der Waals surface area contributed by atoms with E-state index in [1.54, 1.807) is 0 Å². The maximum absolute atomic E-state index is 12.1. The van der Waals surface area contributed by atoms with Crippen LogP contribution in [0.5, 0.6) is 0 Å². The molecule has 0 amide bonds. The molecule has 5 nitrogen and oxygen atoms in total. The highest BCUT2D eigenvalue weighted by molar-refractivity contribution is 5.66. The average molecular weight is 403 g/mol. The number of carboxylic acids is 1. The van der Waals surface area contributed by atoms with Crippen molar-refractivity contribution in [3.05, 3.63) is 5.21 Å². The largest absolute Gasteiger partial charge is 0.632 e. The highest BCUT2D eigenvalue weighted by Gasteiger charge is 2.19. The van der Waals surface area contributed by atoms with Gasteiger partial charge in [-0.15, -0.1) is 0 Å². The molecule has 0 fully saturated rings. The maximum atomic E-state index is 12.1. The van der Waals surface area contributed by atoms with E-state index in [0.717, 1.165) is 19.4 Å². The van der Waals surface area contributed by atoms with E-state index in [9.17, 15) is 10.0 Å². The normalized spacial score (nSPS) is 12.4. The van der Waals surface area contributed by atoms with Crippen LogP contribution in [0.3, 0.4) is 0 Å². The van der Waals surface area contributed by atoms with Gasteiger partial charge < -0.3 is 15.0 Å². The smallest absolute Gasteiger partial charge is 0.303 e. The minimum atomic E-state index is -0.659. The van der Waals surface area contributed by atoms with E-state index in [-0.39, 0.29) is 10.8 Å². The van der Waals surface area contributed by atoms with Crippen LogP contribution < -0.4 is 5.32 Å². The zero-order chi connectivity index (χ0) is 21.7. The third-order valence-electron chi connectivity index (χ3n) is 5.49. The molecule has 1 unspecified atom stereocenters. The Balaban J connectivity index is 0. The quantitative estimate of drug-likeness (QED) is 0.119. The third-order valence-corrected chi connectivity index (χ3v) is 5.49.